The molecule has 0 atom stereocenters. The number of fused-ring (bicyclic) bond motifs is 1. The number of aromatic nitrogens is 3. The molecule has 4 heteroatoms. The van der Waals surface area contributed by atoms with Crippen molar-refractivity contribution in [2.75, 3.05) is 0 Å². The average Bonchev–Trinajstić information content (AvgIpc) is 2.52. The molecule has 0 saturated heterocycles. The van der Waals surface area contributed by atoms with E-state index in [0.717, 1.165) is 0 Å². The van der Waals surface area contributed by atoms with Gasteiger partial charge >= 0.3 is 0 Å². The van der Waals surface area contributed by atoms with E-state index < -0.39 is 0 Å². The fourth-order valence-corrected chi connectivity index (χ4v) is 2.96. The van der Waals surface area contributed by atoms with Crippen LogP contribution < -0.4 is 5.56 Å². The van der Waals surface area contributed by atoms with Crippen molar-refractivity contribution >= 4 is 11.0 Å². The molecule has 0 fully saturated rings. The van der Waals surface area contributed by atoms with Gasteiger partial charge in [0.1, 0.15) is 6.33 Å². The highest BCUT2D eigenvalue weighted by atomic mass is 16.1. The largest absolute Gasteiger partial charge is 0.294 e. The lowest BCUT2D eigenvalue weighted by Gasteiger charge is -2.22. The molecule has 0 N–H and O–H groups in total. The fraction of sp³-hybridized carbons (Fsp3) is 0.350. The van der Waals surface area contributed by atoms with E-state index in [0.29, 0.717) is 17.6 Å². The molecule has 0 aliphatic rings. The van der Waals surface area contributed by atoms with Gasteiger partial charge in [-0.3, -0.25) is 9.36 Å². The lowest BCUT2D eigenvalue weighted by molar-refractivity contribution is 0.588. The molecule has 0 amide bonds. The highest BCUT2D eigenvalue weighted by molar-refractivity contribution is 5.72. The summed E-state index contributed by atoms with van der Waals surface area (Å²) in [4.78, 5) is 21.1. The Labute approximate surface area is 142 Å². The third-order valence-electron chi connectivity index (χ3n) is 4.49. The van der Waals surface area contributed by atoms with Gasteiger partial charge in [0.15, 0.2) is 5.65 Å². The van der Waals surface area contributed by atoms with Crippen LogP contribution in [-0.2, 0) is 12.0 Å². The molecule has 3 rings (SSSR count). The summed E-state index contributed by atoms with van der Waals surface area (Å²) in [6.45, 7) is 11.4. The summed E-state index contributed by atoms with van der Waals surface area (Å²) in [7, 11) is 0. The van der Waals surface area contributed by atoms with Crippen LogP contribution in [0.5, 0.6) is 0 Å². The van der Waals surface area contributed by atoms with Gasteiger partial charge in [0.25, 0.3) is 5.56 Å². The maximum atomic E-state index is 12.7. The Kier molecular flexibility index (Phi) is 3.99. The molecule has 2 aromatic heterocycles. The molecular formula is C20H23N3O. The van der Waals surface area contributed by atoms with Crippen LogP contribution >= 0.6 is 0 Å². The van der Waals surface area contributed by atoms with E-state index in [4.69, 9.17) is 0 Å². The molecule has 2 heterocycles. The van der Waals surface area contributed by atoms with Gasteiger partial charge < -0.3 is 0 Å². The first-order valence-corrected chi connectivity index (χ1v) is 8.18. The topological polar surface area (TPSA) is 47.8 Å². The summed E-state index contributed by atoms with van der Waals surface area (Å²) in [5.74, 6) is 0. The minimum absolute atomic E-state index is 0.0493. The Hall–Kier alpha value is -2.49. The van der Waals surface area contributed by atoms with Gasteiger partial charge in [0, 0.05) is 6.20 Å². The summed E-state index contributed by atoms with van der Waals surface area (Å²) < 4.78 is 1.66. The molecule has 1 aromatic carbocycles. The van der Waals surface area contributed by atoms with Crippen LogP contribution in [-0.4, -0.2) is 14.5 Å². The van der Waals surface area contributed by atoms with Crippen molar-refractivity contribution < 1.29 is 0 Å². The zero-order valence-corrected chi connectivity index (χ0v) is 14.9. The number of nitrogens with zero attached hydrogens (tertiary/aromatic N) is 3. The average molecular weight is 321 g/mol. The Morgan fingerprint density at radius 1 is 1.08 bits per heavy atom. The van der Waals surface area contributed by atoms with E-state index in [1.807, 2.05) is 0 Å². The molecule has 4 nitrogen and oxygen atoms in total. The van der Waals surface area contributed by atoms with Crippen LogP contribution in [0.25, 0.3) is 11.0 Å². The molecule has 0 bridgehead atoms. The highest BCUT2D eigenvalue weighted by Crippen LogP contribution is 2.27. The Morgan fingerprint density at radius 2 is 1.75 bits per heavy atom. The summed E-state index contributed by atoms with van der Waals surface area (Å²) >= 11 is 0. The van der Waals surface area contributed by atoms with E-state index in [-0.39, 0.29) is 11.0 Å². The van der Waals surface area contributed by atoms with Gasteiger partial charge in [-0.1, -0.05) is 32.9 Å². The van der Waals surface area contributed by atoms with E-state index in [1.165, 1.54) is 22.3 Å². The monoisotopic (exact) mass is 321 g/mol. The van der Waals surface area contributed by atoms with Gasteiger partial charge in [-0.15, -0.1) is 0 Å². The van der Waals surface area contributed by atoms with Crippen molar-refractivity contribution in [1.82, 2.24) is 14.5 Å². The molecule has 0 radical (unpaired) electrons. The van der Waals surface area contributed by atoms with E-state index in [2.05, 4.69) is 56.7 Å². The van der Waals surface area contributed by atoms with Crippen LogP contribution in [0.4, 0.5) is 0 Å². The third-order valence-corrected chi connectivity index (χ3v) is 4.49. The third kappa shape index (κ3) is 2.96. The first kappa shape index (κ1) is 16.4. The van der Waals surface area contributed by atoms with Gasteiger partial charge in [-0.2, -0.15) is 0 Å². The zero-order valence-electron chi connectivity index (χ0n) is 14.9. The van der Waals surface area contributed by atoms with Gasteiger partial charge in [-0.05, 0) is 53.6 Å². The quantitative estimate of drug-likeness (QED) is 0.722. The zero-order chi connectivity index (χ0) is 17.5. The van der Waals surface area contributed by atoms with Gasteiger partial charge in [0.2, 0.25) is 0 Å². The first-order valence-electron chi connectivity index (χ1n) is 8.18. The standard InChI is InChI=1S/C20H23N3O/c1-13-9-15(20(3,4)5)10-14(2)17(13)11-23-12-22-18-16(19(23)24)7-6-8-21-18/h6-10,12H,11H2,1-5H3. The van der Waals surface area contributed by atoms with Crippen molar-refractivity contribution in [2.45, 2.75) is 46.6 Å². The lowest BCUT2D eigenvalue weighted by Crippen LogP contribution is -2.22. The maximum Gasteiger partial charge on any atom is 0.263 e. The summed E-state index contributed by atoms with van der Waals surface area (Å²) in [6.07, 6.45) is 3.24. The van der Waals surface area contributed by atoms with Crippen molar-refractivity contribution in [3.63, 3.8) is 0 Å². The number of hydrogen-bond acceptors (Lipinski definition) is 3. The normalized spacial score (nSPS) is 11.9. The number of aryl methyl sites for hydroxylation is 2. The Balaban J connectivity index is 2.06. The molecule has 3 aromatic rings. The van der Waals surface area contributed by atoms with Gasteiger partial charge in [0.05, 0.1) is 11.9 Å². The number of pyridine rings is 1. The molecule has 0 aliphatic carbocycles. The number of hydrogen-bond donors (Lipinski definition) is 0. The molecular weight excluding hydrogens is 298 g/mol. The van der Waals surface area contributed by atoms with Crippen LogP contribution in [0.2, 0.25) is 0 Å². The molecule has 0 spiro atoms. The second-order valence-corrected chi connectivity index (χ2v) is 7.39. The van der Waals surface area contributed by atoms with E-state index >= 15 is 0 Å². The molecule has 24 heavy (non-hydrogen) atoms. The molecule has 0 saturated carbocycles. The summed E-state index contributed by atoms with van der Waals surface area (Å²) in [5.41, 5.74) is 5.46. The minimum atomic E-state index is -0.0493. The van der Waals surface area contributed by atoms with Crippen LogP contribution in [0.1, 0.15) is 43.0 Å². The van der Waals surface area contributed by atoms with Crippen molar-refractivity contribution in [1.29, 1.82) is 0 Å². The Bertz CT molecular complexity index is 942. The van der Waals surface area contributed by atoms with E-state index in [9.17, 15) is 4.79 Å². The summed E-state index contributed by atoms with van der Waals surface area (Å²) in [6, 6.07) is 7.99. The van der Waals surface area contributed by atoms with Crippen molar-refractivity contribution in [3.05, 3.63) is 69.4 Å². The van der Waals surface area contributed by atoms with Crippen LogP contribution in [0.3, 0.4) is 0 Å². The predicted molar refractivity (Wildman–Crippen MR) is 97.5 cm³/mol. The SMILES string of the molecule is Cc1cc(C(C)(C)C)cc(C)c1Cn1cnc2ncccc2c1=O. The van der Waals surface area contributed by atoms with Gasteiger partial charge in [-0.25, -0.2) is 9.97 Å². The lowest BCUT2D eigenvalue weighted by atomic mass is 9.84. The first-order chi connectivity index (χ1) is 11.3. The smallest absolute Gasteiger partial charge is 0.263 e. The predicted octanol–water partition coefficient (Wildman–Crippen LogP) is 3.75. The number of benzene rings is 1. The van der Waals surface area contributed by atoms with Crippen molar-refractivity contribution in [2.24, 2.45) is 0 Å². The molecule has 0 unspecified atom stereocenters. The molecule has 124 valence electrons. The second kappa shape index (κ2) is 5.86. The highest BCUT2D eigenvalue weighted by Gasteiger charge is 2.17. The van der Waals surface area contributed by atoms with E-state index in [1.54, 1.807) is 29.2 Å². The fourth-order valence-electron chi connectivity index (χ4n) is 2.96. The van der Waals surface area contributed by atoms with Crippen LogP contribution in [0.15, 0.2) is 41.6 Å². The number of rotatable bonds is 2. The molecule has 0 aliphatic heterocycles. The summed E-state index contributed by atoms with van der Waals surface area (Å²) in [5, 5.41) is 0.557. The maximum absolute atomic E-state index is 12.7. The minimum Gasteiger partial charge on any atom is -0.294 e. The van der Waals surface area contributed by atoms with Crippen LogP contribution in [0, 0.1) is 13.8 Å². The Morgan fingerprint density at radius 3 is 2.38 bits per heavy atom. The van der Waals surface area contributed by atoms with Crippen molar-refractivity contribution in [3.8, 4) is 0 Å². The second-order valence-electron chi connectivity index (χ2n) is 7.39.